The minimum atomic E-state index is -0.842. The van der Waals surface area contributed by atoms with Crippen molar-refractivity contribution >= 4 is 17.5 Å². The summed E-state index contributed by atoms with van der Waals surface area (Å²) < 4.78 is 13.2. The van der Waals surface area contributed by atoms with Gasteiger partial charge in [-0.3, -0.25) is 10.1 Å². The van der Waals surface area contributed by atoms with E-state index in [1.807, 2.05) is 6.07 Å². The van der Waals surface area contributed by atoms with Crippen molar-refractivity contribution in [2.75, 3.05) is 5.73 Å². The second kappa shape index (κ2) is 4.89. The van der Waals surface area contributed by atoms with Crippen LogP contribution in [0.15, 0.2) is 18.2 Å². The first-order valence-corrected chi connectivity index (χ1v) is 4.33. The Kier molecular flexibility index (Phi) is 3.56. The fourth-order valence-corrected chi connectivity index (χ4v) is 1.12. The third-order valence-electron chi connectivity index (χ3n) is 1.85. The smallest absolute Gasteiger partial charge is 0.295 e. The molecule has 0 bridgehead atoms. The average molecular weight is 221 g/mol. The highest BCUT2D eigenvalue weighted by Gasteiger charge is 2.16. The summed E-state index contributed by atoms with van der Waals surface area (Å²) in [6, 6.07) is 4.10. The molecule has 0 heterocycles. The van der Waals surface area contributed by atoms with Crippen LogP contribution in [0, 0.1) is 27.3 Å². The first kappa shape index (κ1) is 11.7. The minimum Gasteiger partial charge on any atom is -0.391 e. The largest absolute Gasteiger partial charge is 0.391 e. The number of hydrogen-bond acceptors (Lipinski definition) is 4. The van der Waals surface area contributed by atoms with Crippen molar-refractivity contribution in [3.05, 3.63) is 39.7 Å². The number of allylic oxidation sites excluding steroid dienone is 1. The van der Waals surface area contributed by atoms with Crippen molar-refractivity contribution in [1.82, 2.24) is 0 Å². The van der Waals surface area contributed by atoms with Crippen molar-refractivity contribution in [3.8, 4) is 6.07 Å². The Morgan fingerprint density at radius 2 is 2.31 bits per heavy atom. The monoisotopic (exact) mass is 221 g/mol. The normalized spacial score (nSPS) is 10.2. The number of nitro benzene ring substituents is 1. The average Bonchev–Trinajstić information content (AvgIpc) is 2.23. The van der Waals surface area contributed by atoms with E-state index < -0.39 is 22.1 Å². The number of halogens is 1. The van der Waals surface area contributed by atoms with Crippen molar-refractivity contribution in [3.63, 3.8) is 0 Å². The molecule has 0 saturated heterocycles. The molecule has 0 aliphatic rings. The van der Waals surface area contributed by atoms with E-state index in [0.29, 0.717) is 5.56 Å². The van der Waals surface area contributed by atoms with Crippen molar-refractivity contribution in [2.24, 2.45) is 0 Å². The lowest BCUT2D eigenvalue weighted by molar-refractivity contribution is -0.384. The summed E-state index contributed by atoms with van der Waals surface area (Å²) in [4.78, 5) is 9.79. The van der Waals surface area contributed by atoms with E-state index in [9.17, 15) is 14.5 Å². The molecule has 0 aliphatic heterocycles. The van der Waals surface area contributed by atoms with Gasteiger partial charge in [-0.05, 0) is 11.6 Å². The molecular weight excluding hydrogens is 213 g/mol. The summed E-state index contributed by atoms with van der Waals surface area (Å²) in [5.41, 5.74) is 4.55. The first-order chi connectivity index (χ1) is 7.56. The van der Waals surface area contributed by atoms with E-state index in [4.69, 9.17) is 11.0 Å². The SMILES string of the molecule is N#CCC=Cc1cc(F)c(N)c([N+](=O)[O-])c1. The van der Waals surface area contributed by atoms with Gasteiger partial charge in [-0.15, -0.1) is 0 Å². The Bertz CT molecular complexity index is 492. The van der Waals surface area contributed by atoms with Gasteiger partial charge in [-0.1, -0.05) is 12.2 Å². The van der Waals surface area contributed by atoms with Gasteiger partial charge in [0, 0.05) is 6.07 Å². The Hall–Kier alpha value is -2.42. The van der Waals surface area contributed by atoms with Gasteiger partial charge < -0.3 is 5.73 Å². The van der Waals surface area contributed by atoms with Crippen LogP contribution in [0.4, 0.5) is 15.8 Å². The Morgan fingerprint density at radius 3 is 2.88 bits per heavy atom. The number of rotatable bonds is 3. The number of hydrogen-bond donors (Lipinski definition) is 1. The van der Waals surface area contributed by atoms with Crippen LogP contribution < -0.4 is 5.73 Å². The van der Waals surface area contributed by atoms with Gasteiger partial charge in [0.2, 0.25) is 0 Å². The number of nitriles is 1. The van der Waals surface area contributed by atoms with Crippen LogP contribution in [0.25, 0.3) is 6.08 Å². The van der Waals surface area contributed by atoms with Gasteiger partial charge in [0.15, 0.2) is 5.82 Å². The lowest BCUT2D eigenvalue weighted by Crippen LogP contribution is -1.99. The summed E-state index contributed by atoms with van der Waals surface area (Å²) in [5.74, 6) is -0.842. The molecule has 0 atom stereocenters. The molecule has 82 valence electrons. The third-order valence-corrected chi connectivity index (χ3v) is 1.85. The molecule has 2 N–H and O–H groups in total. The van der Waals surface area contributed by atoms with E-state index in [1.54, 1.807) is 0 Å². The first-order valence-electron chi connectivity index (χ1n) is 4.33. The quantitative estimate of drug-likeness (QED) is 0.481. The summed E-state index contributed by atoms with van der Waals surface area (Å²) >= 11 is 0. The number of nitrogens with two attached hydrogens (primary N) is 1. The van der Waals surface area contributed by atoms with Crippen LogP contribution in [0.2, 0.25) is 0 Å². The highest BCUT2D eigenvalue weighted by Crippen LogP contribution is 2.26. The van der Waals surface area contributed by atoms with E-state index in [-0.39, 0.29) is 6.42 Å². The molecule has 6 heteroatoms. The zero-order chi connectivity index (χ0) is 12.1. The maximum atomic E-state index is 13.2. The van der Waals surface area contributed by atoms with Crippen LogP contribution in [0.3, 0.4) is 0 Å². The third kappa shape index (κ3) is 2.54. The molecule has 1 rings (SSSR count). The Morgan fingerprint density at radius 1 is 1.62 bits per heavy atom. The zero-order valence-electron chi connectivity index (χ0n) is 8.18. The van der Waals surface area contributed by atoms with E-state index in [1.165, 1.54) is 12.2 Å². The van der Waals surface area contributed by atoms with Gasteiger partial charge in [0.1, 0.15) is 5.69 Å². The fraction of sp³-hybridized carbons (Fsp3) is 0.100. The number of nitrogens with zero attached hydrogens (tertiary/aromatic N) is 2. The number of nitrogen functional groups attached to an aromatic ring is 1. The predicted octanol–water partition coefficient (Wildman–Crippen LogP) is 2.24. The zero-order valence-corrected chi connectivity index (χ0v) is 8.18. The van der Waals surface area contributed by atoms with Gasteiger partial charge in [-0.2, -0.15) is 5.26 Å². The highest BCUT2D eigenvalue weighted by molar-refractivity contribution is 5.65. The molecule has 0 aromatic heterocycles. The van der Waals surface area contributed by atoms with Crippen LogP contribution in [-0.4, -0.2) is 4.92 Å². The Balaban J connectivity index is 3.15. The summed E-state index contributed by atoms with van der Waals surface area (Å²) in [6.07, 6.45) is 3.06. The van der Waals surface area contributed by atoms with Crippen LogP contribution >= 0.6 is 0 Å². The van der Waals surface area contributed by atoms with Crippen LogP contribution in [-0.2, 0) is 0 Å². The Labute approximate surface area is 90.8 Å². The molecule has 0 spiro atoms. The van der Waals surface area contributed by atoms with Crippen molar-refractivity contribution in [2.45, 2.75) is 6.42 Å². The van der Waals surface area contributed by atoms with Gasteiger partial charge in [0.25, 0.3) is 5.69 Å². The molecule has 0 fully saturated rings. The second-order valence-corrected chi connectivity index (χ2v) is 2.96. The lowest BCUT2D eigenvalue weighted by Gasteiger charge is -2.00. The number of anilines is 1. The molecule has 1 aromatic carbocycles. The van der Waals surface area contributed by atoms with E-state index in [2.05, 4.69) is 0 Å². The van der Waals surface area contributed by atoms with E-state index >= 15 is 0 Å². The molecular formula is C10H8FN3O2. The van der Waals surface area contributed by atoms with Crippen LogP contribution in [0.5, 0.6) is 0 Å². The lowest BCUT2D eigenvalue weighted by atomic mass is 10.1. The van der Waals surface area contributed by atoms with Gasteiger partial charge in [0.05, 0.1) is 17.4 Å². The maximum Gasteiger partial charge on any atom is 0.295 e. The topological polar surface area (TPSA) is 93.0 Å². The highest BCUT2D eigenvalue weighted by atomic mass is 19.1. The molecule has 5 nitrogen and oxygen atoms in total. The van der Waals surface area contributed by atoms with E-state index in [0.717, 1.165) is 12.1 Å². The number of nitro groups is 1. The van der Waals surface area contributed by atoms with Crippen molar-refractivity contribution in [1.29, 1.82) is 5.26 Å². The maximum absolute atomic E-state index is 13.2. The molecule has 1 aromatic rings. The molecule has 16 heavy (non-hydrogen) atoms. The summed E-state index contributed by atoms with van der Waals surface area (Å²) in [7, 11) is 0. The summed E-state index contributed by atoms with van der Waals surface area (Å²) in [5, 5.41) is 18.8. The minimum absolute atomic E-state index is 0.153. The number of benzene rings is 1. The van der Waals surface area contributed by atoms with Crippen molar-refractivity contribution < 1.29 is 9.31 Å². The summed E-state index contributed by atoms with van der Waals surface area (Å²) in [6.45, 7) is 0. The second-order valence-electron chi connectivity index (χ2n) is 2.96. The standard InChI is InChI=1S/C10H8FN3O2/c11-8-5-7(3-1-2-4-12)6-9(10(8)13)14(15)16/h1,3,5-6H,2,13H2. The predicted molar refractivity (Wildman–Crippen MR) is 56.7 cm³/mol. The van der Waals surface area contributed by atoms with Gasteiger partial charge >= 0.3 is 0 Å². The molecule has 0 amide bonds. The molecule has 0 radical (unpaired) electrons. The molecule has 0 saturated carbocycles. The van der Waals surface area contributed by atoms with Crippen LogP contribution in [0.1, 0.15) is 12.0 Å². The van der Waals surface area contributed by atoms with Gasteiger partial charge in [-0.25, -0.2) is 4.39 Å². The fourth-order valence-electron chi connectivity index (χ4n) is 1.12. The molecule has 0 aliphatic carbocycles. The molecule has 0 unspecified atom stereocenters.